The van der Waals surface area contributed by atoms with Crippen LogP contribution in [0.2, 0.25) is 0 Å². The van der Waals surface area contributed by atoms with E-state index in [2.05, 4.69) is 36.7 Å². The van der Waals surface area contributed by atoms with Crippen molar-refractivity contribution in [3.8, 4) is 5.75 Å². The van der Waals surface area contributed by atoms with Crippen molar-refractivity contribution in [2.24, 2.45) is 0 Å². The smallest absolute Gasteiger partial charge is 0.119 e. The van der Waals surface area contributed by atoms with Gasteiger partial charge in [-0.1, -0.05) is 98.8 Å². The van der Waals surface area contributed by atoms with Gasteiger partial charge in [0.05, 0.1) is 4.32 Å². The number of unbranched alkanes of at least 4 members (excludes halogenated alkanes) is 9. The van der Waals surface area contributed by atoms with Crippen LogP contribution in [0.1, 0.15) is 91.4 Å². The van der Waals surface area contributed by atoms with Gasteiger partial charge in [-0.15, -0.1) is 0 Å². The van der Waals surface area contributed by atoms with E-state index in [-0.39, 0.29) is 16.6 Å². The van der Waals surface area contributed by atoms with Crippen molar-refractivity contribution in [2.45, 2.75) is 102 Å². The number of hydrogen-bond acceptors (Lipinski definition) is 2. The zero-order valence-electron chi connectivity index (χ0n) is 16.7. The fourth-order valence-corrected chi connectivity index (χ4v) is 3.35. The molecule has 1 unspecified atom stereocenters. The highest BCUT2D eigenvalue weighted by molar-refractivity contribution is 9.10. The standard InChI is InChI=1S/C22H37BrO.H3N/c1-4-5-6-7-8-9-10-11-12-16-19-21(22(2,3)23)24-20-17-14-13-15-18-20;/h13-15,17-18,21H,4-12,16,19H2,1-3H3;1H3. The lowest BCUT2D eigenvalue weighted by atomic mass is 9.99. The van der Waals surface area contributed by atoms with Gasteiger partial charge in [-0.3, -0.25) is 0 Å². The van der Waals surface area contributed by atoms with Crippen LogP contribution in [-0.2, 0) is 0 Å². The lowest BCUT2D eigenvalue weighted by Gasteiger charge is -2.29. The SMILES string of the molecule is CCCCCCCCCCCCC(Oc1ccccc1)C(C)(C)Br.N. The molecule has 0 fully saturated rings. The summed E-state index contributed by atoms with van der Waals surface area (Å²) in [6, 6.07) is 10.2. The molecule has 0 spiro atoms. The normalized spacial score (nSPS) is 12.5. The number of ether oxygens (including phenoxy) is 1. The zero-order chi connectivity index (χ0) is 17.7. The summed E-state index contributed by atoms with van der Waals surface area (Å²) in [6.07, 6.45) is 15.1. The molecule has 1 aromatic rings. The van der Waals surface area contributed by atoms with Gasteiger partial charge in [0.2, 0.25) is 0 Å². The van der Waals surface area contributed by atoms with E-state index in [4.69, 9.17) is 4.74 Å². The van der Waals surface area contributed by atoms with Gasteiger partial charge in [-0.05, 0) is 38.8 Å². The van der Waals surface area contributed by atoms with Crippen LogP contribution in [0.15, 0.2) is 30.3 Å². The second kappa shape index (κ2) is 14.6. The van der Waals surface area contributed by atoms with Crippen molar-refractivity contribution in [1.29, 1.82) is 0 Å². The van der Waals surface area contributed by atoms with Gasteiger partial charge >= 0.3 is 0 Å². The lowest BCUT2D eigenvalue weighted by molar-refractivity contribution is 0.157. The Morgan fingerprint density at radius 2 is 1.32 bits per heavy atom. The van der Waals surface area contributed by atoms with Gasteiger partial charge in [0.15, 0.2) is 0 Å². The number of alkyl halides is 1. The van der Waals surface area contributed by atoms with Crippen molar-refractivity contribution in [3.63, 3.8) is 0 Å². The maximum absolute atomic E-state index is 6.21. The first kappa shape index (κ1) is 24.5. The number of hydrogen-bond donors (Lipinski definition) is 1. The van der Waals surface area contributed by atoms with E-state index in [9.17, 15) is 0 Å². The molecule has 2 nitrogen and oxygen atoms in total. The van der Waals surface area contributed by atoms with Gasteiger partial charge in [-0.2, -0.15) is 0 Å². The van der Waals surface area contributed by atoms with Gasteiger partial charge in [0.25, 0.3) is 0 Å². The first-order chi connectivity index (χ1) is 11.5. The Morgan fingerprint density at radius 1 is 0.840 bits per heavy atom. The third-order valence-electron chi connectivity index (χ3n) is 4.61. The summed E-state index contributed by atoms with van der Waals surface area (Å²) in [5.41, 5.74) is 0. The van der Waals surface area contributed by atoms with Crippen LogP contribution in [0.3, 0.4) is 0 Å². The highest BCUT2D eigenvalue weighted by Crippen LogP contribution is 2.29. The first-order valence-electron chi connectivity index (χ1n) is 9.94. The maximum atomic E-state index is 6.21. The van der Waals surface area contributed by atoms with Crippen molar-refractivity contribution in [2.75, 3.05) is 0 Å². The molecule has 0 aliphatic carbocycles. The van der Waals surface area contributed by atoms with Gasteiger partial charge in [0, 0.05) is 0 Å². The lowest BCUT2D eigenvalue weighted by Crippen LogP contribution is -2.35. The second-order valence-corrected chi connectivity index (χ2v) is 9.50. The molecule has 0 heterocycles. The molecule has 0 aromatic heterocycles. The summed E-state index contributed by atoms with van der Waals surface area (Å²) in [5.74, 6) is 0.974. The molecule has 0 amide bonds. The Kier molecular flexibility index (Phi) is 14.3. The average Bonchev–Trinajstić information content (AvgIpc) is 2.55. The monoisotopic (exact) mass is 413 g/mol. The highest BCUT2D eigenvalue weighted by Gasteiger charge is 2.27. The Morgan fingerprint density at radius 3 is 1.80 bits per heavy atom. The van der Waals surface area contributed by atoms with Gasteiger partial charge in [-0.25, -0.2) is 0 Å². The summed E-state index contributed by atoms with van der Waals surface area (Å²) in [6.45, 7) is 6.69. The molecule has 1 atom stereocenters. The molecule has 1 aromatic carbocycles. The maximum Gasteiger partial charge on any atom is 0.119 e. The van der Waals surface area contributed by atoms with Gasteiger partial charge < -0.3 is 10.9 Å². The summed E-state index contributed by atoms with van der Waals surface area (Å²) in [4.78, 5) is 0. The quantitative estimate of drug-likeness (QED) is 0.247. The molecule has 0 saturated heterocycles. The number of para-hydroxylation sites is 1. The molecule has 3 heteroatoms. The third-order valence-corrected chi connectivity index (χ3v) is 5.12. The molecule has 1 rings (SSSR count). The Labute approximate surface area is 164 Å². The third kappa shape index (κ3) is 12.4. The minimum absolute atomic E-state index is 0. The Hall–Kier alpha value is -0.540. The molecule has 146 valence electrons. The van der Waals surface area contributed by atoms with Crippen molar-refractivity contribution in [1.82, 2.24) is 6.15 Å². The predicted molar refractivity (Wildman–Crippen MR) is 115 cm³/mol. The molecule has 3 N–H and O–H groups in total. The van der Waals surface area contributed by atoms with E-state index < -0.39 is 0 Å². The topological polar surface area (TPSA) is 44.2 Å². The molecular formula is C22H40BrNO. The van der Waals surface area contributed by atoms with E-state index in [1.165, 1.54) is 64.2 Å². The Balaban J connectivity index is 0.00000576. The summed E-state index contributed by atoms with van der Waals surface area (Å²) < 4.78 is 6.22. The average molecular weight is 414 g/mol. The highest BCUT2D eigenvalue weighted by atomic mass is 79.9. The molecule has 0 bridgehead atoms. The molecule has 0 radical (unpaired) electrons. The van der Waals surface area contributed by atoms with Crippen molar-refractivity contribution < 1.29 is 4.74 Å². The number of halogens is 1. The van der Waals surface area contributed by atoms with Crippen molar-refractivity contribution >= 4 is 15.9 Å². The van der Waals surface area contributed by atoms with Gasteiger partial charge in [0.1, 0.15) is 11.9 Å². The van der Waals surface area contributed by atoms with Crippen LogP contribution in [-0.4, -0.2) is 10.4 Å². The molecule has 0 aliphatic heterocycles. The fraction of sp³-hybridized carbons (Fsp3) is 0.727. The van der Waals surface area contributed by atoms with Crippen LogP contribution >= 0.6 is 15.9 Å². The van der Waals surface area contributed by atoms with Crippen LogP contribution in [0.25, 0.3) is 0 Å². The van der Waals surface area contributed by atoms with E-state index in [1.807, 2.05) is 30.3 Å². The summed E-state index contributed by atoms with van der Waals surface area (Å²) in [5, 5.41) is 0. The molecule has 25 heavy (non-hydrogen) atoms. The minimum Gasteiger partial charge on any atom is -0.489 e. The number of benzene rings is 1. The number of rotatable bonds is 14. The summed E-state index contributed by atoms with van der Waals surface area (Å²) >= 11 is 3.80. The molecule has 0 aliphatic rings. The zero-order valence-corrected chi connectivity index (χ0v) is 18.3. The van der Waals surface area contributed by atoms with Crippen molar-refractivity contribution in [3.05, 3.63) is 30.3 Å². The van der Waals surface area contributed by atoms with Crippen LogP contribution in [0.5, 0.6) is 5.75 Å². The van der Waals surface area contributed by atoms with E-state index in [1.54, 1.807) is 0 Å². The largest absolute Gasteiger partial charge is 0.489 e. The Bertz CT molecular complexity index is 402. The van der Waals surface area contributed by atoms with Crippen LogP contribution in [0, 0.1) is 0 Å². The van der Waals surface area contributed by atoms with Crippen LogP contribution < -0.4 is 10.9 Å². The van der Waals surface area contributed by atoms with Crippen LogP contribution in [0.4, 0.5) is 0 Å². The second-order valence-electron chi connectivity index (χ2n) is 7.45. The van der Waals surface area contributed by atoms with E-state index in [0.717, 1.165) is 12.2 Å². The minimum atomic E-state index is 0. The van der Waals surface area contributed by atoms with E-state index in [0.29, 0.717) is 0 Å². The predicted octanol–water partition coefficient (Wildman–Crippen LogP) is 8.08. The molecular weight excluding hydrogens is 374 g/mol. The fourth-order valence-electron chi connectivity index (χ4n) is 3.02. The molecule has 0 saturated carbocycles. The summed E-state index contributed by atoms with van der Waals surface area (Å²) in [7, 11) is 0. The van der Waals surface area contributed by atoms with E-state index >= 15 is 0 Å². The first-order valence-corrected chi connectivity index (χ1v) is 10.7.